The Kier molecular flexibility index (Phi) is 8.67. The zero-order valence-corrected chi connectivity index (χ0v) is 13.2. The number of nitrogens with two attached hydrogens (primary N) is 1. The molecule has 2 amide bonds. The number of aliphatic carboxylic acids is 1. The van der Waals surface area contributed by atoms with Crippen LogP contribution in [0.2, 0.25) is 0 Å². The number of thiol groups is 2. The van der Waals surface area contributed by atoms with Gasteiger partial charge in [-0.05, 0) is 5.92 Å². The van der Waals surface area contributed by atoms with Crippen molar-refractivity contribution in [3.63, 3.8) is 0 Å². The van der Waals surface area contributed by atoms with Crippen molar-refractivity contribution in [3.8, 4) is 0 Å². The predicted molar refractivity (Wildman–Crippen MR) is 82.0 cm³/mol. The standard InChI is InChI=1S/C11H21N3O4S2/c1-5(2)8(14-9(15)6(12)3-19)10(16)13-7(4-20)11(17)18/h5-8,19-20H,3-4,12H2,1-2H3,(H,13,16)(H,14,15)(H,17,18)/t6-,7-,8-/m0/s1. The largest absolute Gasteiger partial charge is 0.480 e. The zero-order valence-electron chi connectivity index (χ0n) is 11.4. The molecular weight excluding hydrogens is 302 g/mol. The number of hydrogen-bond donors (Lipinski definition) is 6. The molecule has 0 aromatic carbocycles. The fourth-order valence-corrected chi connectivity index (χ4v) is 1.74. The topological polar surface area (TPSA) is 122 Å². The normalized spacial score (nSPS) is 15.3. The molecule has 0 fully saturated rings. The lowest BCUT2D eigenvalue weighted by Gasteiger charge is -2.24. The van der Waals surface area contributed by atoms with Gasteiger partial charge in [-0.25, -0.2) is 4.79 Å². The first kappa shape index (κ1) is 19.1. The van der Waals surface area contributed by atoms with Gasteiger partial charge in [0.15, 0.2) is 0 Å². The van der Waals surface area contributed by atoms with Gasteiger partial charge in [0.1, 0.15) is 12.1 Å². The third-order valence-electron chi connectivity index (χ3n) is 2.58. The maximum absolute atomic E-state index is 12.0. The molecule has 0 aromatic heterocycles. The number of nitrogens with one attached hydrogen (secondary N) is 2. The highest BCUT2D eigenvalue weighted by Gasteiger charge is 2.29. The van der Waals surface area contributed by atoms with Crippen LogP contribution >= 0.6 is 25.3 Å². The van der Waals surface area contributed by atoms with Crippen LogP contribution in [0.1, 0.15) is 13.8 Å². The molecule has 0 spiro atoms. The Morgan fingerprint density at radius 1 is 1.10 bits per heavy atom. The minimum atomic E-state index is -1.19. The smallest absolute Gasteiger partial charge is 0.327 e. The molecule has 0 bridgehead atoms. The van der Waals surface area contributed by atoms with Crippen molar-refractivity contribution >= 4 is 43.0 Å². The molecule has 20 heavy (non-hydrogen) atoms. The summed E-state index contributed by atoms with van der Waals surface area (Å²) in [6.45, 7) is 3.46. The van der Waals surface area contributed by atoms with Crippen molar-refractivity contribution in [1.82, 2.24) is 10.6 Å². The summed E-state index contributed by atoms with van der Waals surface area (Å²) < 4.78 is 0. The first-order valence-corrected chi connectivity index (χ1v) is 7.31. The molecular formula is C11H21N3O4S2. The Labute approximate surface area is 128 Å². The van der Waals surface area contributed by atoms with E-state index in [-0.39, 0.29) is 17.4 Å². The van der Waals surface area contributed by atoms with Gasteiger partial charge in [0, 0.05) is 11.5 Å². The first-order chi connectivity index (χ1) is 9.24. The van der Waals surface area contributed by atoms with Crippen LogP contribution in [-0.2, 0) is 14.4 Å². The van der Waals surface area contributed by atoms with Gasteiger partial charge in [-0.1, -0.05) is 13.8 Å². The van der Waals surface area contributed by atoms with E-state index in [0.29, 0.717) is 0 Å². The van der Waals surface area contributed by atoms with Crippen molar-refractivity contribution in [3.05, 3.63) is 0 Å². The highest BCUT2D eigenvalue weighted by molar-refractivity contribution is 7.80. The Hall–Kier alpha value is -0.930. The van der Waals surface area contributed by atoms with Crippen LogP contribution in [0.25, 0.3) is 0 Å². The average molecular weight is 323 g/mol. The molecule has 5 N–H and O–H groups in total. The summed E-state index contributed by atoms with van der Waals surface area (Å²) in [5, 5.41) is 13.7. The van der Waals surface area contributed by atoms with Crippen LogP contribution in [0.3, 0.4) is 0 Å². The molecule has 0 aliphatic heterocycles. The SMILES string of the molecule is CC(C)[C@H](NC(=O)[C@@H](N)CS)C(=O)N[C@@H](CS)C(=O)O. The summed E-state index contributed by atoms with van der Waals surface area (Å²) in [5.41, 5.74) is 5.51. The van der Waals surface area contributed by atoms with Crippen molar-refractivity contribution < 1.29 is 19.5 Å². The van der Waals surface area contributed by atoms with Crippen molar-refractivity contribution in [2.45, 2.75) is 32.0 Å². The number of rotatable bonds is 8. The fourth-order valence-electron chi connectivity index (χ4n) is 1.33. The third kappa shape index (κ3) is 6.02. The molecule has 9 heteroatoms. The number of amides is 2. The second-order valence-corrected chi connectivity index (χ2v) is 5.33. The predicted octanol–water partition coefficient (Wildman–Crippen LogP) is -1.12. The average Bonchev–Trinajstić information content (AvgIpc) is 2.39. The number of hydrogen-bond acceptors (Lipinski definition) is 6. The first-order valence-electron chi connectivity index (χ1n) is 6.05. The molecule has 0 radical (unpaired) electrons. The molecule has 0 heterocycles. The Morgan fingerprint density at radius 3 is 2.00 bits per heavy atom. The second-order valence-electron chi connectivity index (χ2n) is 4.60. The Morgan fingerprint density at radius 2 is 1.65 bits per heavy atom. The summed E-state index contributed by atoms with van der Waals surface area (Å²) in [4.78, 5) is 34.6. The van der Waals surface area contributed by atoms with Gasteiger partial charge in [0.25, 0.3) is 0 Å². The van der Waals surface area contributed by atoms with Crippen LogP contribution in [-0.4, -0.2) is 52.5 Å². The number of carboxylic acids is 1. The van der Waals surface area contributed by atoms with E-state index in [1.165, 1.54) is 0 Å². The van der Waals surface area contributed by atoms with E-state index < -0.39 is 35.9 Å². The molecule has 0 rings (SSSR count). The quantitative estimate of drug-likeness (QED) is 0.316. The highest BCUT2D eigenvalue weighted by Crippen LogP contribution is 2.04. The summed E-state index contributed by atoms with van der Waals surface area (Å²) >= 11 is 7.76. The Balaban J connectivity index is 4.79. The van der Waals surface area contributed by atoms with Gasteiger partial charge in [-0.15, -0.1) is 0 Å². The van der Waals surface area contributed by atoms with Crippen LogP contribution in [0.15, 0.2) is 0 Å². The van der Waals surface area contributed by atoms with Gasteiger partial charge < -0.3 is 21.5 Å². The van der Waals surface area contributed by atoms with Gasteiger partial charge in [-0.2, -0.15) is 25.3 Å². The van der Waals surface area contributed by atoms with Crippen LogP contribution in [0.5, 0.6) is 0 Å². The summed E-state index contributed by atoms with van der Waals surface area (Å²) in [6, 6.07) is -2.80. The lowest BCUT2D eigenvalue weighted by atomic mass is 10.0. The van der Waals surface area contributed by atoms with Crippen LogP contribution < -0.4 is 16.4 Å². The van der Waals surface area contributed by atoms with Crippen molar-refractivity contribution in [1.29, 1.82) is 0 Å². The molecule has 0 saturated carbocycles. The number of carbonyl (C=O) groups excluding carboxylic acids is 2. The highest BCUT2D eigenvalue weighted by atomic mass is 32.1. The fraction of sp³-hybridized carbons (Fsp3) is 0.727. The zero-order chi connectivity index (χ0) is 15.9. The molecule has 0 aliphatic rings. The van der Waals surface area contributed by atoms with E-state index in [1.54, 1.807) is 13.8 Å². The van der Waals surface area contributed by atoms with Crippen LogP contribution in [0.4, 0.5) is 0 Å². The summed E-state index contributed by atoms with van der Waals surface area (Å²) in [7, 11) is 0. The molecule has 0 aromatic rings. The molecule has 0 aliphatic carbocycles. The van der Waals surface area contributed by atoms with E-state index in [1.807, 2.05) is 0 Å². The molecule has 0 saturated heterocycles. The van der Waals surface area contributed by atoms with Gasteiger partial charge in [0.2, 0.25) is 11.8 Å². The lowest BCUT2D eigenvalue weighted by Crippen LogP contribution is -2.56. The van der Waals surface area contributed by atoms with Gasteiger partial charge >= 0.3 is 5.97 Å². The minimum Gasteiger partial charge on any atom is -0.480 e. The van der Waals surface area contributed by atoms with E-state index in [2.05, 4.69) is 35.9 Å². The molecule has 3 atom stereocenters. The van der Waals surface area contributed by atoms with E-state index >= 15 is 0 Å². The van der Waals surface area contributed by atoms with E-state index in [9.17, 15) is 14.4 Å². The monoisotopic (exact) mass is 323 g/mol. The molecule has 116 valence electrons. The van der Waals surface area contributed by atoms with Crippen molar-refractivity contribution in [2.24, 2.45) is 11.7 Å². The van der Waals surface area contributed by atoms with Gasteiger partial charge in [-0.3, -0.25) is 9.59 Å². The second kappa shape index (κ2) is 9.09. The minimum absolute atomic E-state index is 0.0456. The van der Waals surface area contributed by atoms with E-state index in [4.69, 9.17) is 10.8 Å². The molecule has 0 unspecified atom stereocenters. The Bertz CT molecular complexity index is 366. The lowest BCUT2D eigenvalue weighted by molar-refractivity contribution is -0.141. The third-order valence-corrected chi connectivity index (χ3v) is 3.34. The number of carbonyl (C=O) groups is 3. The van der Waals surface area contributed by atoms with Crippen LogP contribution in [0, 0.1) is 5.92 Å². The summed E-state index contributed by atoms with van der Waals surface area (Å²) in [6.07, 6.45) is 0. The van der Waals surface area contributed by atoms with Crippen molar-refractivity contribution in [2.75, 3.05) is 11.5 Å². The van der Waals surface area contributed by atoms with E-state index in [0.717, 1.165) is 0 Å². The molecule has 7 nitrogen and oxygen atoms in total. The van der Waals surface area contributed by atoms with Gasteiger partial charge in [0.05, 0.1) is 6.04 Å². The maximum atomic E-state index is 12.0. The maximum Gasteiger partial charge on any atom is 0.327 e. The number of carboxylic acid groups (broad SMARTS) is 1. The summed E-state index contributed by atoms with van der Waals surface area (Å²) in [5.74, 6) is -2.40.